The molecule has 1 fully saturated rings. The molecule has 5 nitrogen and oxygen atoms in total. The molecule has 5 heteroatoms. The molecule has 1 saturated heterocycles. The molecule has 2 unspecified atom stereocenters. The molecular weight excluding hydrogens is 242 g/mol. The van der Waals surface area contributed by atoms with Crippen molar-refractivity contribution in [3.05, 3.63) is 0 Å². The number of nitrogens with one attached hydrogen (secondary N) is 1. The maximum Gasteiger partial charge on any atom is 0.326 e. The third-order valence-corrected chi connectivity index (χ3v) is 4.25. The van der Waals surface area contributed by atoms with Crippen LogP contribution in [0, 0.1) is 0 Å². The van der Waals surface area contributed by atoms with Gasteiger partial charge in [0.05, 0.1) is 6.61 Å². The molecule has 1 aliphatic rings. The highest BCUT2D eigenvalue weighted by Gasteiger charge is 2.33. The van der Waals surface area contributed by atoms with Gasteiger partial charge in [0.1, 0.15) is 5.54 Å². The standard InChI is InChI=1S/C14H29N3O2/c1-6-19-13(18)14(3,15-4)7-8-17-10-9-16(5)12(2)11-17/h12,15H,6-11H2,1-5H3. The number of piperazine rings is 1. The minimum absolute atomic E-state index is 0.153. The SMILES string of the molecule is CCOC(=O)C(C)(CCN1CCN(C)C(C)C1)NC. The van der Waals surface area contributed by atoms with E-state index >= 15 is 0 Å². The molecule has 0 aliphatic carbocycles. The van der Waals surface area contributed by atoms with Crippen LogP contribution in [0.25, 0.3) is 0 Å². The first-order valence-electron chi connectivity index (χ1n) is 7.21. The molecule has 0 saturated carbocycles. The van der Waals surface area contributed by atoms with Crippen LogP contribution in [0.3, 0.4) is 0 Å². The van der Waals surface area contributed by atoms with Crippen LogP contribution in [0.1, 0.15) is 27.2 Å². The van der Waals surface area contributed by atoms with Gasteiger partial charge >= 0.3 is 5.97 Å². The number of carbonyl (C=O) groups excluding carboxylic acids is 1. The van der Waals surface area contributed by atoms with Crippen molar-refractivity contribution in [1.82, 2.24) is 15.1 Å². The second kappa shape index (κ2) is 7.22. The van der Waals surface area contributed by atoms with Gasteiger partial charge in [0.2, 0.25) is 0 Å². The van der Waals surface area contributed by atoms with Crippen LogP contribution >= 0.6 is 0 Å². The van der Waals surface area contributed by atoms with E-state index in [0.29, 0.717) is 12.6 Å². The van der Waals surface area contributed by atoms with E-state index in [2.05, 4.69) is 29.1 Å². The lowest BCUT2D eigenvalue weighted by molar-refractivity contribution is -0.150. The molecule has 1 N–H and O–H groups in total. The third-order valence-electron chi connectivity index (χ3n) is 4.25. The molecule has 0 spiro atoms. The Morgan fingerprint density at radius 3 is 2.68 bits per heavy atom. The fourth-order valence-corrected chi connectivity index (χ4v) is 2.33. The summed E-state index contributed by atoms with van der Waals surface area (Å²) in [4.78, 5) is 16.8. The number of rotatable bonds is 6. The van der Waals surface area contributed by atoms with Gasteiger partial charge in [-0.15, -0.1) is 0 Å². The quantitative estimate of drug-likeness (QED) is 0.715. The molecule has 0 bridgehead atoms. The number of hydrogen-bond donors (Lipinski definition) is 1. The summed E-state index contributed by atoms with van der Waals surface area (Å²) in [6.45, 7) is 10.6. The van der Waals surface area contributed by atoms with Gasteiger partial charge in [-0.25, -0.2) is 0 Å². The fraction of sp³-hybridized carbons (Fsp3) is 0.929. The molecule has 112 valence electrons. The zero-order valence-corrected chi connectivity index (χ0v) is 13.0. The topological polar surface area (TPSA) is 44.8 Å². The van der Waals surface area contributed by atoms with Crippen molar-refractivity contribution >= 4 is 5.97 Å². The number of carbonyl (C=O) groups is 1. The van der Waals surface area contributed by atoms with E-state index in [0.717, 1.165) is 32.6 Å². The van der Waals surface area contributed by atoms with Crippen molar-refractivity contribution in [2.75, 3.05) is 46.9 Å². The van der Waals surface area contributed by atoms with Crippen molar-refractivity contribution in [3.63, 3.8) is 0 Å². The van der Waals surface area contributed by atoms with Gasteiger partial charge in [-0.1, -0.05) is 0 Å². The highest BCUT2D eigenvalue weighted by molar-refractivity contribution is 5.80. The van der Waals surface area contributed by atoms with E-state index in [4.69, 9.17) is 4.74 Å². The number of nitrogens with zero attached hydrogens (tertiary/aromatic N) is 2. The van der Waals surface area contributed by atoms with Crippen LogP contribution in [0.5, 0.6) is 0 Å². The highest BCUT2D eigenvalue weighted by Crippen LogP contribution is 2.15. The molecule has 1 rings (SSSR count). The highest BCUT2D eigenvalue weighted by atomic mass is 16.5. The van der Waals surface area contributed by atoms with Crippen LogP contribution in [-0.2, 0) is 9.53 Å². The predicted molar refractivity (Wildman–Crippen MR) is 77.2 cm³/mol. The number of hydrogen-bond acceptors (Lipinski definition) is 5. The lowest BCUT2D eigenvalue weighted by atomic mass is 9.97. The Hall–Kier alpha value is -0.650. The average molecular weight is 271 g/mol. The van der Waals surface area contributed by atoms with E-state index in [-0.39, 0.29) is 5.97 Å². The lowest BCUT2D eigenvalue weighted by Gasteiger charge is -2.39. The first-order valence-corrected chi connectivity index (χ1v) is 7.21. The van der Waals surface area contributed by atoms with Gasteiger partial charge < -0.3 is 19.9 Å². The maximum atomic E-state index is 12.0. The Morgan fingerprint density at radius 2 is 2.16 bits per heavy atom. The van der Waals surface area contributed by atoms with Gasteiger partial charge in [0, 0.05) is 32.2 Å². The van der Waals surface area contributed by atoms with Gasteiger partial charge in [0.25, 0.3) is 0 Å². The van der Waals surface area contributed by atoms with Crippen LogP contribution < -0.4 is 5.32 Å². The molecular formula is C14H29N3O2. The van der Waals surface area contributed by atoms with Crippen molar-refractivity contribution in [2.24, 2.45) is 0 Å². The maximum absolute atomic E-state index is 12.0. The normalized spacial score (nSPS) is 25.0. The van der Waals surface area contributed by atoms with Gasteiger partial charge in [-0.2, -0.15) is 0 Å². The Morgan fingerprint density at radius 1 is 1.47 bits per heavy atom. The number of esters is 1. The molecule has 1 aliphatic heterocycles. The molecule has 0 amide bonds. The summed E-state index contributed by atoms with van der Waals surface area (Å²) in [5.74, 6) is -0.153. The van der Waals surface area contributed by atoms with Crippen molar-refractivity contribution in [2.45, 2.75) is 38.8 Å². The van der Waals surface area contributed by atoms with E-state index in [1.807, 2.05) is 20.9 Å². The lowest BCUT2D eigenvalue weighted by Crippen LogP contribution is -2.54. The molecule has 0 aromatic heterocycles. The van der Waals surface area contributed by atoms with Crippen LogP contribution in [-0.4, -0.2) is 74.2 Å². The number of likely N-dealkylation sites (N-methyl/N-ethyl adjacent to an activating group) is 2. The second-order valence-electron chi connectivity index (χ2n) is 5.68. The number of ether oxygens (including phenoxy) is 1. The predicted octanol–water partition coefficient (Wildman–Crippen LogP) is 0.554. The molecule has 2 atom stereocenters. The minimum Gasteiger partial charge on any atom is -0.465 e. The van der Waals surface area contributed by atoms with Crippen molar-refractivity contribution in [1.29, 1.82) is 0 Å². The van der Waals surface area contributed by atoms with E-state index in [1.54, 1.807) is 0 Å². The van der Waals surface area contributed by atoms with E-state index < -0.39 is 5.54 Å². The smallest absolute Gasteiger partial charge is 0.326 e. The molecule has 0 radical (unpaired) electrons. The van der Waals surface area contributed by atoms with Crippen LogP contribution in [0.2, 0.25) is 0 Å². The zero-order chi connectivity index (χ0) is 14.5. The Labute approximate surface area is 117 Å². The van der Waals surface area contributed by atoms with Crippen molar-refractivity contribution in [3.8, 4) is 0 Å². The summed E-state index contributed by atoms with van der Waals surface area (Å²) in [6.07, 6.45) is 0.777. The minimum atomic E-state index is -0.581. The summed E-state index contributed by atoms with van der Waals surface area (Å²) in [7, 11) is 3.99. The second-order valence-corrected chi connectivity index (χ2v) is 5.68. The molecule has 0 aromatic carbocycles. The van der Waals surface area contributed by atoms with Crippen LogP contribution in [0.4, 0.5) is 0 Å². The first kappa shape index (κ1) is 16.4. The van der Waals surface area contributed by atoms with E-state index in [1.165, 1.54) is 0 Å². The van der Waals surface area contributed by atoms with Gasteiger partial charge in [-0.3, -0.25) is 4.79 Å². The van der Waals surface area contributed by atoms with E-state index in [9.17, 15) is 4.79 Å². The summed E-state index contributed by atoms with van der Waals surface area (Å²) in [6, 6.07) is 0.581. The average Bonchev–Trinajstić information content (AvgIpc) is 2.40. The Bertz CT molecular complexity index is 298. The Balaban J connectivity index is 2.47. The third kappa shape index (κ3) is 4.44. The van der Waals surface area contributed by atoms with Gasteiger partial charge in [0.15, 0.2) is 0 Å². The monoisotopic (exact) mass is 271 g/mol. The summed E-state index contributed by atoms with van der Waals surface area (Å²) in [5, 5.41) is 3.11. The first-order chi connectivity index (χ1) is 8.92. The fourth-order valence-electron chi connectivity index (χ4n) is 2.33. The molecule has 1 heterocycles. The largest absolute Gasteiger partial charge is 0.465 e. The zero-order valence-electron chi connectivity index (χ0n) is 13.0. The summed E-state index contributed by atoms with van der Waals surface area (Å²) < 4.78 is 5.15. The summed E-state index contributed by atoms with van der Waals surface area (Å²) in [5.41, 5.74) is -0.581. The van der Waals surface area contributed by atoms with Crippen LogP contribution in [0.15, 0.2) is 0 Å². The van der Waals surface area contributed by atoms with Gasteiger partial charge in [-0.05, 0) is 41.3 Å². The molecule has 0 aromatic rings. The molecule has 19 heavy (non-hydrogen) atoms. The Kier molecular flexibility index (Phi) is 6.23. The van der Waals surface area contributed by atoms with Crippen molar-refractivity contribution < 1.29 is 9.53 Å². The summed E-state index contributed by atoms with van der Waals surface area (Å²) >= 11 is 0.